The minimum atomic E-state index is -0.981. The summed E-state index contributed by atoms with van der Waals surface area (Å²) in [7, 11) is 0. The Morgan fingerprint density at radius 3 is 2.39 bits per heavy atom. The van der Waals surface area contributed by atoms with Crippen molar-refractivity contribution >= 4 is 12.0 Å². The predicted molar refractivity (Wildman–Crippen MR) is 68.2 cm³/mol. The van der Waals surface area contributed by atoms with Crippen LogP contribution in [-0.4, -0.2) is 47.2 Å². The van der Waals surface area contributed by atoms with E-state index in [-0.39, 0.29) is 18.0 Å². The van der Waals surface area contributed by atoms with E-state index in [1.54, 1.807) is 4.90 Å². The van der Waals surface area contributed by atoms with Gasteiger partial charge in [-0.15, -0.1) is 0 Å². The van der Waals surface area contributed by atoms with Gasteiger partial charge in [-0.1, -0.05) is 13.8 Å². The maximum Gasteiger partial charge on any atom is 0.326 e. The van der Waals surface area contributed by atoms with Gasteiger partial charge in [0.1, 0.15) is 6.04 Å². The molecule has 2 amide bonds. The summed E-state index contributed by atoms with van der Waals surface area (Å²) in [6, 6.07) is -0.956. The second-order valence-electron chi connectivity index (χ2n) is 5.29. The Morgan fingerprint density at radius 1 is 1.39 bits per heavy atom. The molecule has 1 heterocycles. The summed E-state index contributed by atoms with van der Waals surface area (Å²) >= 11 is 0. The topological polar surface area (TPSA) is 95.7 Å². The number of rotatable bonds is 4. The number of urea groups is 1. The molecule has 1 fully saturated rings. The monoisotopic (exact) mass is 257 g/mol. The number of likely N-dealkylation sites (tertiary alicyclic amines) is 1. The highest BCUT2D eigenvalue weighted by Crippen LogP contribution is 2.10. The Bertz CT molecular complexity index is 299. The van der Waals surface area contributed by atoms with Crippen molar-refractivity contribution in [3.05, 3.63) is 0 Å². The first-order valence-electron chi connectivity index (χ1n) is 6.44. The second kappa shape index (κ2) is 6.58. The smallest absolute Gasteiger partial charge is 0.326 e. The highest BCUT2D eigenvalue weighted by atomic mass is 16.4. The third-order valence-electron chi connectivity index (χ3n) is 3.13. The first-order valence-corrected chi connectivity index (χ1v) is 6.44. The van der Waals surface area contributed by atoms with E-state index in [9.17, 15) is 9.59 Å². The number of amides is 2. The first-order chi connectivity index (χ1) is 8.40. The van der Waals surface area contributed by atoms with Gasteiger partial charge in [-0.25, -0.2) is 9.59 Å². The van der Waals surface area contributed by atoms with Crippen LogP contribution in [0.4, 0.5) is 4.79 Å². The van der Waals surface area contributed by atoms with Crippen LogP contribution in [0.15, 0.2) is 0 Å². The number of carboxylic acid groups (broad SMARTS) is 1. The molecule has 0 aliphatic carbocycles. The molecule has 104 valence electrons. The average molecular weight is 257 g/mol. The summed E-state index contributed by atoms with van der Waals surface area (Å²) in [5, 5.41) is 11.6. The number of carbonyl (C=O) groups is 2. The van der Waals surface area contributed by atoms with Crippen molar-refractivity contribution in [3.63, 3.8) is 0 Å². The van der Waals surface area contributed by atoms with E-state index in [0.29, 0.717) is 19.5 Å². The van der Waals surface area contributed by atoms with Crippen LogP contribution >= 0.6 is 0 Å². The number of aliphatic carboxylic acids is 1. The Labute approximate surface area is 108 Å². The normalized spacial score (nSPS) is 18.8. The highest BCUT2D eigenvalue weighted by Gasteiger charge is 2.26. The number of nitrogens with two attached hydrogens (primary N) is 1. The molecule has 1 atom stereocenters. The second-order valence-corrected chi connectivity index (χ2v) is 5.29. The average Bonchev–Trinajstić information content (AvgIpc) is 2.28. The van der Waals surface area contributed by atoms with Crippen molar-refractivity contribution < 1.29 is 14.7 Å². The van der Waals surface area contributed by atoms with Gasteiger partial charge in [0.15, 0.2) is 0 Å². The van der Waals surface area contributed by atoms with Crippen molar-refractivity contribution in [2.75, 3.05) is 13.1 Å². The lowest BCUT2D eigenvalue weighted by atomic mass is 10.0. The van der Waals surface area contributed by atoms with Crippen LogP contribution in [0.1, 0.15) is 33.1 Å². The molecule has 1 rings (SSSR count). The van der Waals surface area contributed by atoms with Crippen molar-refractivity contribution in [3.8, 4) is 0 Å². The zero-order chi connectivity index (χ0) is 13.7. The molecule has 0 bridgehead atoms. The molecule has 0 saturated carbocycles. The zero-order valence-corrected chi connectivity index (χ0v) is 11.1. The number of piperidine rings is 1. The summed E-state index contributed by atoms with van der Waals surface area (Å²) in [6.07, 6.45) is 1.99. The third kappa shape index (κ3) is 4.52. The minimum Gasteiger partial charge on any atom is -0.480 e. The number of carbonyl (C=O) groups excluding carboxylic acids is 1. The van der Waals surface area contributed by atoms with Crippen molar-refractivity contribution in [2.24, 2.45) is 11.7 Å². The molecular formula is C12H23N3O3. The lowest BCUT2D eigenvalue weighted by Gasteiger charge is -2.31. The van der Waals surface area contributed by atoms with Gasteiger partial charge in [0.25, 0.3) is 0 Å². The standard InChI is InChI=1S/C12H23N3O3/c1-8(2)7-10(11(16)17)14-12(18)15-5-3-9(13)4-6-15/h8-10H,3-7,13H2,1-2H3,(H,14,18)(H,16,17). The van der Waals surface area contributed by atoms with E-state index in [0.717, 1.165) is 12.8 Å². The fourth-order valence-electron chi connectivity index (χ4n) is 2.04. The van der Waals surface area contributed by atoms with Crippen molar-refractivity contribution in [2.45, 2.75) is 45.2 Å². The summed E-state index contributed by atoms with van der Waals surface area (Å²) in [4.78, 5) is 24.6. The number of hydrogen-bond donors (Lipinski definition) is 3. The van der Waals surface area contributed by atoms with E-state index < -0.39 is 12.0 Å². The van der Waals surface area contributed by atoms with Crippen LogP contribution in [0, 0.1) is 5.92 Å². The van der Waals surface area contributed by atoms with Crippen LogP contribution in [-0.2, 0) is 4.79 Å². The van der Waals surface area contributed by atoms with Crippen LogP contribution in [0.25, 0.3) is 0 Å². The molecule has 1 aliphatic heterocycles. The number of nitrogens with one attached hydrogen (secondary N) is 1. The number of nitrogens with zero attached hydrogens (tertiary/aromatic N) is 1. The van der Waals surface area contributed by atoms with Gasteiger partial charge in [-0.05, 0) is 25.2 Å². The molecule has 0 aromatic rings. The molecule has 0 aromatic heterocycles. The van der Waals surface area contributed by atoms with Gasteiger partial charge in [-0.2, -0.15) is 0 Å². The van der Waals surface area contributed by atoms with Gasteiger partial charge in [0.05, 0.1) is 0 Å². The van der Waals surface area contributed by atoms with E-state index in [4.69, 9.17) is 10.8 Å². The third-order valence-corrected chi connectivity index (χ3v) is 3.13. The van der Waals surface area contributed by atoms with E-state index in [2.05, 4.69) is 5.32 Å². The maximum absolute atomic E-state index is 11.9. The van der Waals surface area contributed by atoms with Crippen LogP contribution < -0.4 is 11.1 Å². The van der Waals surface area contributed by atoms with Gasteiger partial charge < -0.3 is 21.1 Å². The summed E-state index contributed by atoms with van der Waals surface area (Å²) in [6.45, 7) is 5.06. The molecule has 4 N–H and O–H groups in total. The predicted octanol–water partition coefficient (Wildman–Crippen LogP) is 0.618. The van der Waals surface area contributed by atoms with Gasteiger partial charge >= 0.3 is 12.0 Å². The fraction of sp³-hybridized carbons (Fsp3) is 0.833. The summed E-state index contributed by atoms with van der Waals surface area (Å²) in [5.41, 5.74) is 5.76. The zero-order valence-electron chi connectivity index (χ0n) is 11.1. The minimum absolute atomic E-state index is 0.153. The van der Waals surface area contributed by atoms with Gasteiger partial charge in [0.2, 0.25) is 0 Å². The molecule has 1 saturated heterocycles. The van der Waals surface area contributed by atoms with Gasteiger partial charge in [0, 0.05) is 19.1 Å². The highest BCUT2D eigenvalue weighted by molar-refractivity contribution is 5.82. The van der Waals surface area contributed by atoms with Crippen LogP contribution in [0.3, 0.4) is 0 Å². The van der Waals surface area contributed by atoms with Gasteiger partial charge in [-0.3, -0.25) is 0 Å². The maximum atomic E-state index is 11.9. The molecule has 0 spiro atoms. The first kappa shape index (κ1) is 14.8. The fourth-order valence-corrected chi connectivity index (χ4v) is 2.04. The van der Waals surface area contributed by atoms with E-state index in [1.807, 2.05) is 13.8 Å². The Morgan fingerprint density at radius 2 is 1.94 bits per heavy atom. The van der Waals surface area contributed by atoms with Crippen LogP contribution in [0.2, 0.25) is 0 Å². The quantitative estimate of drug-likeness (QED) is 0.688. The Kier molecular flexibility index (Phi) is 5.40. The summed E-state index contributed by atoms with van der Waals surface area (Å²) < 4.78 is 0. The Hall–Kier alpha value is -1.30. The Balaban J connectivity index is 2.48. The van der Waals surface area contributed by atoms with Crippen molar-refractivity contribution in [1.29, 1.82) is 0 Å². The molecular weight excluding hydrogens is 234 g/mol. The largest absolute Gasteiger partial charge is 0.480 e. The molecule has 0 radical (unpaired) electrons. The SMILES string of the molecule is CC(C)CC(NC(=O)N1CCC(N)CC1)C(=O)O. The molecule has 0 aromatic carbocycles. The molecule has 6 nitrogen and oxygen atoms in total. The molecule has 1 unspecified atom stereocenters. The van der Waals surface area contributed by atoms with Crippen LogP contribution in [0.5, 0.6) is 0 Å². The van der Waals surface area contributed by atoms with E-state index in [1.165, 1.54) is 0 Å². The molecule has 1 aliphatic rings. The number of hydrogen-bond acceptors (Lipinski definition) is 3. The number of carboxylic acids is 1. The lowest BCUT2D eigenvalue weighted by Crippen LogP contribution is -2.51. The summed E-state index contributed by atoms with van der Waals surface area (Å²) in [5.74, 6) is -0.757. The van der Waals surface area contributed by atoms with E-state index >= 15 is 0 Å². The lowest BCUT2D eigenvalue weighted by molar-refractivity contribution is -0.139. The van der Waals surface area contributed by atoms with Crippen molar-refractivity contribution in [1.82, 2.24) is 10.2 Å². The molecule has 6 heteroatoms. The molecule has 18 heavy (non-hydrogen) atoms.